The molecular formula is C13H13N5O2. The first kappa shape index (κ1) is 12.2. The Morgan fingerprint density at radius 1 is 1.35 bits per heavy atom. The number of ether oxygens (including phenoxy) is 1. The van der Waals surface area contributed by atoms with Gasteiger partial charge in [0, 0.05) is 6.42 Å². The number of phenolic OH excluding ortho intramolecular Hbond substituents is 1. The number of nitrogen functional groups attached to an aromatic ring is 1. The number of H-pyrrole nitrogens is 1. The molecule has 0 aliphatic carbocycles. The second-order valence-corrected chi connectivity index (χ2v) is 4.31. The van der Waals surface area contributed by atoms with Crippen LogP contribution in [0.5, 0.6) is 11.5 Å². The van der Waals surface area contributed by atoms with Crippen molar-refractivity contribution in [3.8, 4) is 11.5 Å². The van der Waals surface area contributed by atoms with Gasteiger partial charge in [0.2, 0.25) is 0 Å². The highest BCUT2D eigenvalue weighted by molar-refractivity contribution is 5.80. The number of anilines is 1. The minimum Gasteiger partial charge on any atom is -0.504 e. The van der Waals surface area contributed by atoms with Crippen molar-refractivity contribution in [2.24, 2.45) is 0 Å². The highest BCUT2D eigenvalue weighted by atomic mass is 16.5. The average molecular weight is 271 g/mol. The topological polar surface area (TPSA) is 110 Å². The van der Waals surface area contributed by atoms with Crippen molar-refractivity contribution in [3.63, 3.8) is 0 Å². The number of nitrogens with one attached hydrogen (secondary N) is 1. The van der Waals surface area contributed by atoms with Crippen molar-refractivity contribution in [2.45, 2.75) is 6.42 Å². The summed E-state index contributed by atoms with van der Waals surface area (Å²) in [5.41, 5.74) is 7.93. The molecule has 7 heteroatoms. The monoisotopic (exact) mass is 271 g/mol. The Kier molecular flexibility index (Phi) is 2.86. The molecule has 0 saturated heterocycles. The van der Waals surface area contributed by atoms with Crippen LogP contribution in [0.2, 0.25) is 0 Å². The molecule has 0 bridgehead atoms. The van der Waals surface area contributed by atoms with Gasteiger partial charge in [0.05, 0.1) is 13.4 Å². The van der Waals surface area contributed by atoms with Crippen LogP contribution >= 0.6 is 0 Å². The number of methoxy groups -OCH3 is 1. The molecule has 3 rings (SSSR count). The number of aromatic nitrogens is 4. The van der Waals surface area contributed by atoms with Crippen LogP contribution in [0.15, 0.2) is 24.5 Å². The van der Waals surface area contributed by atoms with Crippen LogP contribution in [0.4, 0.5) is 5.82 Å². The van der Waals surface area contributed by atoms with Gasteiger partial charge >= 0.3 is 0 Å². The third-order valence-electron chi connectivity index (χ3n) is 2.96. The Labute approximate surface area is 114 Å². The number of fused-ring (bicyclic) bond motifs is 1. The SMILES string of the molecule is COc1cc(Cc2nc(N)c3nc[nH]c3n2)ccc1O. The first-order valence-electron chi connectivity index (χ1n) is 5.98. The number of aromatic amines is 1. The maximum atomic E-state index is 9.57. The first-order chi connectivity index (χ1) is 9.67. The van der Waals surface area contributed by atoms with Gasteiger partial charge in [0.1, 0.15) is 11.3 Å². The van der Waals surface area contributed by atoms with E-state index in [0.29, 0.717) is 35.0 Å². The number of aromatic hydroxyl groups is 1. The predicted octanol–water partition coefficient (Wildman–Crippen LogP) is 1.24. The minimum absolute atomic E-state index is 0.0979. The highest BCUT2D eigenvalue weighted by Gasteiger charge is 2.09. The summed E-state index contributed by atoms with van der Waals surface area (Å²) in [6, 6.07) is 5.10. The van der Waals surface area contributed by atoms with Crippen LogP contribution in [-0.2, 0) is 6.42 Å². The molecule has 0 aliphatic rings. The zero-order valence-corrected chi connectivity index (χ0v) is 10.8. The molecule has 0 aliphatic heterocycles. The molecule has 0 spiro atoms. The average Bonchev–Trinajstić information content (AvgIpc) is 2.90. The van der Waals surface area contributed by atoms with Crippen LogP contribution in [0.3, 0.4) is 0 Å². The van der Waals surface area contributed by atoms with Crippen LogP contribution in [0, 0.1) is 0 Å². The molecule has 0 atom stereocenters. The zero-order chi connectivity index (χ0) is 14.1. The van der Waals surface area contributed by atoms with E-state index in [9.17, 15) is 5.11 Å². The number of phenols is 1. The predicted molar refractivity (Wildman–Crippen MR) is 73.6 cm³/mol. The lowest BCUT2D eigenvalue weighted by molar-refractivity contribution is 0.373. The molecule has 0 amide bonds. The van der Waals surface area contributed by atoms with Gasteiger partial charge in [-0.15, -0.1) is 0 Å². The fourth-order valence-corrected chi connectivity index (χ4v) is 2.00. The van der Waals surface area contributed by atoms with Crippen molar-refractivity contribution < 1.29 is 9.84 Å². The summed E-state index contributed by atoms with van der Waals surface area (Å²) in [5.74, 6) is 1.43. The van der Waals surface area contributed by atoms with Gasteiger partial charge in [0.15, 0.2) is 23.0 Å². The molecule has 0 fully saturated rings. The summed E-state index contributed by atoms with van der Waals surface area (Å²) >= 11 is 0. The van der Waals surface area contributed by atoms with E-state index >= 15 is 0 Å². The van der Waals surface area contributed by atoms with Crippen molar-refractivity contribution in [1.29, 1.82) is 0 Å². The van der Waals surface area contributed by atoms with Crippen molar-refractivity contribution in [1.82, 2.24) is 19.9 Å². The number of rotatable bonds is 3. The van der Waals surface area contributed by atoms with Gasteiger partial charge in [-0.3, -0.25) is 0 Å². The molecule has 7 nitrogen and oxygen atoms in total. The minimum atomic E-state index is 0.0979. The molecule has 0 radical (unpaired) electrons. The molecular weight excluding hydrogens is 258 g/mol. The Morgan fingerprint density at radius 2 is 2.20 bits per heavy atom. The summed E-state index contributed by atoms with van der Waals surface area (Å²) in [6.07, 6.45) is 2.01. The van der Waals surface area contributed by atoms with Gasteiger partial charge < -0.3 is 20.6 Å². The van der Waals surface area contributed by atoms with Gasteiger partial charge in [-0.1, -0.05) is 6.07 Å². The van der Waals surface area contributed by atoms with Gasteiger partial charge in [-0.2, -0.15) is 0 Å². The lowest BCUT2D eigenvalue weighted by Crippen LogP contribution is -2.02. The fraction of sp³-hybridized carbons (Fsp3) is 0.154. The van der Waals surface area contributed by atoms with Crippen LogP contribution in [-0.4, -0.2) is 32.2 Å². The third kappa shape index (κ3) is 2.09. The molecule has 2 heterocycles. The van der Waals surface area contributed by atoms with Crippen LogP contribution < -0.4 is 10.5 Å². The Hall–Kier alpha value is -2.83. The van der Waals surface area contributed by atoms with Gasteiger partial charge in [0.25, 0.3) is 0 Å². The zero-order valence-electron chi connectivity index (χ0n) is 10.8. The van der Waals surface area contributed by atoms with E-state index in [4.69, 9.17) is 10.5 Å². The number of nitrogens with two attached hydrogens (primary N) is 1. The van der Waals surface area contributed by atoms with E-state index in [-0.39, 0.29) is 5.75 Å². The number of nitrogens with zero attached hydrogens (tertiary/aromatic N) is 3. The summed E-state index contributed by atoms with van der Waals surface area (Å²) in [4.78, 5) is 15.5. The third-order valence-corrected chi connectivity index (χ3v) is 2.96. The van der Waals surface area contributed by atoms with E-state index in [2.05, 4.69) is 19.9 Å². The molecule has 0 saturated carbocycles. The second kappa shape index (κ2) is 4.69. The first-order valence-corrected chi connectivity index (χ1v) is 5.98. The molecule has 1 aromatic carbocycles. The van der Waals surface area contributed by atoms with E-state index in [1.165, 1.54) is 13.4 Å². The van der Waals surface area contributed by atoms with Gasteiger partial charge in [-0.05, 0) is 17.7 Å². The quantitative estimate of drug-likeness (QED) is 0.661. The standard InChI is InChI=1S/C13H13N5O2/c1-20-9-4-7(2-3-8(9)19)5-10-17-12(14)11-13(18-10)16-6-15-11/h2-4,6,19H,5H2,1H3,(H3,14,15,16,17,18). The van der Waals surface area contributed by atoms with Crippen molar-refractivity contribution in [3.05, 3.63) is 35.9 Å². The molecule has 20 heavy (non-hydrogen) atoms. The summed E-state index contributed by atoms with van der Waals surface area (Å²) in [6.45, 7) is 0. The lowest BCUT2D eigenvalue weighted by Gasteiger charge is -2.06. The van der Waals surface area contributed by atoms with Crippen molar-refractivity contribution in [2.75, 3.05) is 12.8 Å². The largest absolute Gasteiger partial charge is 0.504 e. The van der Waals surface area contributed by atoms with Gasteiger partial charge in [-0.25, -0.2) is 15.0 Å². The van der Waals surface area contributed by atoms with E-state index < -0.39 is 0 Å². The second-order valence-electron chi connectivity index (χ2n) is 4.31. The lowest BCUT2D eigenvalue weighted by atomic mass is 10.1. The molecule has 3 aromatic rings. The van der Waals surface area contributed by atoms with E-state index in [1.54, 1.807) is 18.2 Å². The van der Waals surface area contributed by atoms with Crippen molar-refractivity contribution >= 4 is 17.0 Å². The smallest absolute Gasteiger partial charge is 0.163 e. The Bertz CT molecular complexity index is 769. The number of hydrogen-bond acceptors (Lipinski definition) is 6. The highest BCUT2D eigenvalue weighted by Crippen LogP contribution is 2.27. The maximum Gasteiger partial charge on any atom is 0.163 e. The molecule has 4 N–H and O–H groups in total. The number of imidazole rings is 1. The van der Waals surface area contributed by atoms with Crippen LogP contribution in [0.1, 0.15) is 11.4 Å². The maximum absolute atomic E-state index is 9.57. The van der Waals surface area contributed by atoms with E-state index in [0.717, 1.165) is 5.56 Å². The summed E-state index contributed by atoms with van der Waals surface area (Å²) in [7, 11) is 1.50. The normalized spacial score (nSPS) is 10.8. The Morgan fingerprint density at radius 3 is 3.00 bits per heavy atom. The van der Waals surface area contributed by atoms with Crippen LogP contribution in [0.25, 0.3) is 11.2 Å². The molecule has 0 unspecified atom stereocenters. The fourth-order valence-electron chi connectivity index (χ4n) is 2.00. The molecule has 2 aromatic heterocycles. The summed E-state index contributed by atoms with van der Waals surface area (Å²) < 4.78 is 5.07. The van der Waals surface area contributed by atoms with E-state index in [1.807, 2.05) is 0 Å². The summed E-state index contributed by atoms with van der Waals surface area (Å²) in [5, 5.41) is 9.57. The number of benzene rings is 1. The Balaban J connectivity index is 1.96. The molecule has 102 valence electrons. The number of hydrogen-bond donors (Lipinski definition) is 3.